The SMILES string of the molecule is CCOP(=O)(OCC)C(NC(=O)c1ccc(Cl)cc1Cl)=C(Cl)Cl. The third-order valence-corrected chi connectivity index (χ3v) is 5.73. The summed E-state index contributed by atoms with van der Waals surface area (Å²) in [5.41, 5.74) is -0.247. The van der Waals surface area contributed by atoms with E-state index in [-0.39, 0.29) is 29.2 Å². The van der Waals surface area contributed by atoms with E-state index in [1.54, 1.807) is 13.8 Å². The predicted molar refractivity (Wildman–Crippen MR) is 93.5 cm³/mol. The van der Waals surface area contributed by atoms with Crippen LogP contribution in [0.5, 0.6) is 0 Å². The summed E-state index contributed by atoms with van der Waals surface area (Å²) in [6.07, 6.45) is 0. The van der Waals surface area contributed by atoms with Gasteiger partial charge in [0.15, 0.2) is 5.44 Å². The van der Waals surface area contributed by atoms with Crippen LogP contribution in [0.2, 0.25) is 10.0 Å². The summed E-state index contributed by atoms with van der Waals surface area (Å²) in [4.78, 5) is 12.3. The lowest BCUT2D eigenvalue weighted by atomic mass is 10.2. The molecule has 10 heteroatoms. The molecule has 0 aliphatic carbocycles. The molecular formula is C13H14Cl4NO4P. The average Bonchev–Trinajstić information content (AvgIpc) is 2.44. The molecule has 0 heterocycles. The molecule has 1 rings (SSSR count). The maximum atomic E-state index is 12.7. The van der Waals surface area contributed by atoms with Crippen molar-refractivity contribution in [2.24, 2.45) is 0 Å². The predicted octanol–water partition coefficient (Wildman–Crippen LogP) is 5.59. The zero-order chi connectivity index (χ0) is 17.6. The molecule has 1 amide bonds. The molecule has 1 aromatic rings. The van der Waals surface area contributed by atoms with Gasteiger partial charge in [-0.05, 0) is 32.0 Å². The summed E-state index contributed by atoms with van der Waals surface area (Å²) in [7, 11) is -3.87. The second-order valence-corrected chi connectivity index (χ2v) is 7.77. The van der Waals surface area contributed by atoms with Gasteiger partial charge in [0.2, 0.25) is 0 Å². The summed E-state index contributed by atoms with van der Waals surface area (Å²) < 4.78 is 22.5. The highest BCUT2D eigenvalue weighted by molar-refractivity contribution is 7.58. The van der Waals surface area contributed by atoms with Crippen LogP contribution in [0, 0.1) is 0 Å². The quantitative estimate of drug-likeness (QED) is 0.583. The molecule has 0 bridgehead atoms. The maximum absolute atomic E-state index is 12.7. The van der Waals surface area contributed by atoms with Crippen LogP contribution >= 0.6 is 54.0 Å². The van der Waals surface area contributed by atoms with Crippen LogP contribution in [0.25, 0.3) is 0 Å². The van der Waals surface area contributed by atoms with Gasteiger partial charge in [-0.3, -0.25) is 9.36 Å². The number of benzene rings is 1. The molecule has 0 unspecified atom stereocenters. The maximum Gasteiger partial charge on any atom is 0.379 e. The van der Waals surface area contributed by atoms with E-state index in [4.69, 9.17) is 55.5 Å². The van der Waals surface area contributed by atoms with Crippen LogP contribution in [0.15, 0.2) is 28.1 Å². The van der Waals surface area contributed by atoms with Crippen molar-refractivity contribution in [3.8, 4) is 0 Å². The fraction of sp³-hybridized carbons (Fsp3) is 0.308. The van der Waals surface area contributed by atoms with Gasteiger partial charge in [0.05, 0.1) is 23.8 Å². The van der Waals surface area contributed by atoms with Crippen molar-refractivity contribution in [1.82, 2.24) is 5.32 Å². The topological polar surface area (TPSA) is 64.6 Å². The Hall–Kier alpha value is -0.260. The molecule has 128 valence electrons. The summed E-state index contributed by atoms with van der Waals surface area (Å²) >= 11 is 23.2. The summed E-state index contributed by atoms with van der Waals surface area (Å²) in [6.45, 7) is 3.37. The smallest absolute Gasteiger partial charge is 0.313 e. The van der Waals surface area contributed by atoms with E-state index in [0.29, 0.717) is 5.02 Å². The first-order chi connectivity index (χ1) is 10.7. The molecule has 5 nitrogen and oxygen atoms in total. The molecule has 0 saturated carbocycles. The van der Waals surface area contributed by atoms with E-state index < -0.39 is 18.0 Å². The number of amides is 1. The Balaban J connectivity index is 3.16. The number of rotatable bonds is 7. The van der Waals surface area contributed by atoms with Crippen LogP contribution in [-0.2, 0) is 13.6 Å². The highest BCUT2D eigenvalue weighted by atomic mass is 35.5. The Kier molecular flexibility index (Phi) is 8.39. The number of hydrogen-bond acceptors (Lipinski definition) is 4. The number of carbonyl (C=O) groups excluding carboxylic acids is 1. The third-order valence-electron chi connectivity index (χ3n) is 2.46. The fourth-order valence-electron chi connectivity index (χ4n) is 1.57. The molecule has 0 aliphatic heterocycles. The highest BCUT2D eigenvalue weighted by Crippen LogP contribution is 2.56. The number of halogens is 4. The van der Waals surface area contributed by atoms with Crippen LogP contribution < -0.4 is 5.32 Å². The minimum absolute atomic E-state index is 0.0689. The Bertz CT molecular complexity index is 651. The number of nitrogens with one attached hydrogen (secondary N) is 1. The summed E-state index contributed by atoms with van der Waals surface area (Å²) in [6, 6.07) is 4.29. The van der Waals surface area contributed by atoms with Gasteiger partial charge < -0.3 is 14.4 Å². The highest BCUT2D eigenvalue weighted by Gasteiger charge is 2.34. The van der Waals surface area contributed by atoms with Gasteiger partial charge in [-0.15, -0.1) is 0 Å². The fourth-order valence-corrected chi connectivity index (χ4v) is 4.24. The molecule has 23 heavy (non-hydrogen) atoms. The molecule has 0 radical (unpaired) electrons. The molecule has 0 spiro atoms. The zero-order valence-electron chi connectivity index (χ0n) is 12.2. The molecule has 1 aromatic carbocycles. The van der Waals surface area contributed by atoms with Crippen molar-refractivity contribution in [1.29, 1.82) is 0 Å². The lowest BCUT2D eigenvalue weighted by Crippen LogP contribution is -2.24. The zero-order valence-corrected chi connectivity index (χ0v) is 16.2. The third kappa shape index (κ3) is 5.64. The van der Waals surface area contributed by atoms with E-state index in [0.717, 1.165) is 0 Å². The van der Waals surface area contributed by atoms with Crippen LogP contribution in [0.1, 0.15) is 24.2 Å². The average molecular weight is 421 g/mol. The first-order valence-electron chi connectivity index (χ1n) is 6.46. The van der Waals surface area contributed by atoms with Gasteiger partial charge >= 0.3 is 7.60 Å². The lowest BCUT2D eigenvalue weighted by Gasteiger charge is -2.20. The molecule has 0 aliphatic rings. The van der Waals surface area contributed by atoms with E-state index in [2.05, 4.69) is 5.32 Å². The van der Waals surface area contributed by atoms with Crippen molar-refractivity contribution in [3.05, 3.63) is 43.7 Å². The summed E-state index contributed by atoms with van der Waals surface area (Å²) in [5, 5.41) is 2.82. The largest absolute Gasteiger partial charge is 0.379 e. The number of carbonyl (C=O) groups is 1. The first kappa shape index (κ1) is 20.8. The van der Waals surface area contributed by atoms with Gasteiger partial charge in [-0.1, -0.05) is 46.4 Å². The van der Waals surface area contributed by atoms with Gasteiger partial charge in [0.1, 0.15) is 4.49 Å². The van der Waals surface area contributed by atoms with Crippen molar-refractivity contribution < 1.29 is 18.4 Å². The normalized spacial score (nSPS) is 11.2. The Morgan fingerprint density at radius 2 is 1.74 bits per heavy atom. The van der Waals surface area contributed by atoms with Gasteiger partial charge in [-0.25, -0.2) is 0 Å². The Labute approximate surface area is 154 Å². The van der Waals surface area contributed by atoms with E-state index >= 15 is 0 Å². The van der Waals surface area contributed by atoms with Crippen molar-refractivity contribution in [2.75, 3.05) is 13.2 Å². The summed E-state index contributed by atoms with van der Waals surface area (Å²) in [5.74, 6) is -0.680. The molecule has 1 N–H and O–H groups in total. The van der Waals surface area contributed by atoms with Crippen molar-refractivity contribution in [2.45, 2.75) is 13.8 Å². The molecule has 0 fully saturated rings. The molecule has 0 atom stereocenters. The second kappa shape index (κ2) is 9.28. The van der Waals surface area contributed by atoms with Gasteiger partial charge in [0.25, 0.3) is 5.91 Å². The molecular weight excluding hydrogens is 407 g/mol. The van der Waals surface area contributed by atoms with Crippen LogP contribution in [-0.4, -0.2) is 19.1 Å². The minimum Gasteiger partial charge on any atom is -0.313 e. The Morgan fingerprint density at radius 1 is 1.17 bits per heavy atom. The molecule has 0 aromatic heterocycles. The van der Waals surface area contributed by atoms with Gasteiger partial charge in [-0.2, -0.15) is 0 Å². The minimum atomic E-state index is -3.87. The van der Waals surface area contributed by atoms with Crippen LogP contribution in [0.4, 0.5) is 0 Å². The van der Waals surface area contributed by atoms with Crippen LogP contribution in [0.3, 0.4) is 0 Å². The lowest BCUT2D eigenvalue weighted by molar-refractivity contribution is 0.0964. The van der Waals surface area contributed by atoms with E-state index in [1.807, 2.05) is 0 Å². The second-order valence-electron chi connectivity index (χ2n) is 4.02. The van der Waals surface area contributed by atoms with Crippen molar-refractivity contribution in [3.63, 3.8) is 0 Å². The van der Waals surface area contributed by atoms with Crippen molar-refractivity contribution >= 4 is 59.9 Å². The molecule has 0 saturated heterocycles. The number of hydrogen-bond donors (Lipinski definition) is 1. The van der Waals surface area contributed by atoms with E-state index in [9.17, 15) is 9.36 Å². The standard InChI is InChI=1S/C13H14Cl4NO4P/c1-3-21-23(20,22-4-2)13(11(16)17)18-12(19)9-6-5-8(14)7-10(9)15/h5-7H,3-4H2,1-2H3,(H,18,19). The first-order valence-corrected chi connectivity index (χ1v) is 9.52. The Morgan fingerprint density at radius 3 is 2.17 bits per heavy atom. The van der Waals surface area contributed by atoms with E-state index in [1.165, 1.54) is 18.2 Å². The monoisotopic (exact) mass is 419 g/mol. The van der Waals surface area contributed by atoms with Gasteiger partial charge in [0, 0.05) is 5.02 Å².